The SMILES string of the molecule is CC(=O)N1C[C@@H](C(=O)NCc2cccc(C(F)(F)F)c2)C[C@@H](c2ccc(F)c(C)c2)C1. The van der Waals surface area contributed by atoms with Gasteiger partial charge in [-0.25, -0.2) is 4.39 Å². The molecule has 1 aliphatic heterocycles. The molecule has 0 saturated carbocycles. The van der Waals surface area contributed by atoms with Crippen LogP contribution >= 0.6 is 0 Å². The molecule has 2 amide bonds. The van der Waals surface area contributed by atoms with Crippen LogP contribution in [0, 0.1) is 18.7 Å². The number of hydrogen-bond donors (Lipinski definition) is 1. The molecule has 0 aromatic heterocycles. The number of amides is 2. The molecule has 1 heterocycles. The Balaban J connectivity index is 1.72. The standard InChI is InChI=1S/C23H24F4N2O2/c1-14-8-17(6-7-21(14)24)18-10-19(13-29(12-18)15(2)30)22(31)28-11-16-4-3-5-20(9-16)23(25,26)27/h3-9,18-19H,10-13H2,1-2H3,(H,28,31)/t18-,19+/m1/s1. The summed E-state index contributed by atoms with van der Waals surface area (Å²) < 4.78 is 52.3. The van der Waals surface area contributed by atoms with Crippen molar-refractivity contribution in [2.75, 3.05) is 13.1 Å². The highest BCUT2D eigenvalue weighted by atomic mass is 19.4. The van der Waals surface area contributed by atoms with Crippen molar-refractivity contribution in [1.29, 1.82) is 0 Å². The van der Waals surface area contributed by atoms with Gasteiger partial charge in [0.2, 0.25) is 11.8 Å². The summed E-state index contributed by atoms with van der Waals surface area (Å²) in [5, 5.41) is 2.70. The molecule has 4 nitrogen and oxygen atoms in total. The van der Waals surface area contributed by atoms with E-state index in [2.05, 4.69) is 5.32 Å². The van der Waals surface area contributed by atoms with Gasteiger partial charge in [-0.05, 0) is 48.2 Å². The van der Waals surface area contributed by atoms with Crippen molar-refractivity contribution in [3.8, 4) is 0 Å². The second-order valence-corrected chi connectivity index (χ2v) is 7.98. The zero-order chi connectivity index (χ0) is 22.8. The second kappa shape index (κ2) is 9.08. The highest BCUT2D eigenvalue weighted by molar-refractivity contribution is 5.81. The molecule has 166 valence electrons. The van der Waals surface area contributed by atoms with Crippen LogP contribution in [-0.4, -0.2) is 29.8 Å². The Morgan fingerprint density at radius 3 is 2.52 bits per heavy atom. The molecular weight excluding hydrogens is 412 g/mol. The summed E-state index contributed by atoms with van der Waals surface area (Å²) in [5.74, 6) is -1.47. The monoisotopic (exact) mass is 436 g/mol. The van der Waals surface area contributed by atoms with Gasteiger partial charge in [0.25, 0.3) is 0 Å². The summed E-state index contributed by atoms with van der Waals surface area (Å²) >= 11 is 0. The van der Waals surface area contributed by atoms with Gasteiger partial charge >= 0.3 is 6.18 Å². The van der Waals surface area contributed by atoms with Crippen LogP contribution in [0.15, 0.2) is 42.5 Å². The van der Waals surface area contributed by atoms with Crippen LogP contribution in [0.4, 0.5) is 17.6 Å². The number of aryl methyl sites for hydroxylation is 1. The van der Waals surface area contributed by atoms with Crippen molar-refractivity contribution in [2.24, 2.45) is 5.92 Å². The summed E-state index contributed by atoms with van der Waals surface area (Å²) in [7, 11) is 0. The van der Waals surface area contributed by atoms with Crippen LogP contribution in [-0.2, 0) is 22.3 Å². The minimum absolute atomic E-state index is 0.0420. The molecule has 1 aliphatic rings. The molecule has 0 aliphatic carbocycles. The molecule has 0 spiro atoms. The first-order chi connectivity index (χ1) is 14.5. The van der Waals surface area contributed by atoms with Crippen molar-refractivity contribution in [2.45, 2.75) is 38.9 Å². The molecule has 0 unspecified atom stereocenters. The zero-order valence-corrected chi connectivity index (χ0v) is 17.3. The first kappa shape index (κ1) is 22.8. The quantitative estimate of drug-likeness (QED) is 0.722. The highest BCUT2D eigenvalue weighted by Crippen LogP contribution is 2.32. The third-order valence-corrected chi connectivity index (χ3v) is 5.64. The first-order valence-electron chi connectivity index (χ1n) is 10.00. The molecule has 2 atom stereocenters. The number of halogens is 4. The van der Waals surface area contributed by atoms with Crippen LogP contribution in [0.1, 0.15) is 41.5 Å². The maximum absolute atomic E-state index is 13.6. The van der Waals surface area contributed by atoms with Crippen LogP contribution in [0.3, 0.4) is 0 Å². The van der Waals surface area contributed by atoms with Crippen molar-refractivity contribution < 1.29 is 27.2 Å². The fourth-order valence-corrected chi connectivity index (χ4v) is 3.90. The Hall–Kier alpha value is -2.90. The topological polar surface area (TPSA) is 49.4 Å². The van der Waals surface area contributed by atoms with Gasteiger partial charge in [0.15, 0.2) is 0 Å². The van der Waals surface area contributed by atoms with E-state index in [1.807, 2.05) is 0 Å². The molecule has 3 rings (SSSR count). The van der Waals surface area contributed by atoms with Gasteiger partial charge in [-0.15, -0.1) is 0 Å². The number of alkyl halides is 3. The average molecular weight is 436 g/mol. The fraction of sp³-hybridized carbons (Fsp3) is 0.391. The number of nitrogens with zero attached hydrogens (tertiary/aromatic N) is 1. The van der Waals surface area contributed by atoms with E-state index in [0.717, 1.165) is 17.7 Å². The van der Waals surface area contributed by atoms with Gasteiger partial charge in [0.1, 0.15) is 5.82 Å². The van der Waals surface area contributed by atoms with Crippen molar-refractivity contribution in [3.05, 3.63) is 70.5 Å². The lowest BCUT2D eigenvalue weighted by atomic mass is 9.83. The van der Waals surface area contributed by atoms with E-state index in [1.54, 1.807) is 24.0 Å². The molecule has 2 aromatic rings. The Kier molecular flexibility index (Phi) is 6.67. The number of hydrogen-bond acceptors (Lipinski definition) is 2. The molecule has 2 aromatic carbocycles. The van der Waals surface area contributed by atoms with Gasteiger partial charge in [-0.2, -0.15) is 13.2 Å². The lowest BCUT2D eigenvalue weighted by Gasteiger charge is -2.37. The number of piperidine rings is 1. The Morgan fingerprint density at radius 2 is 1.87 bits per heavy atom. The lowest BCUT2D eigenvalue weighted by molar-refractivity contribution is -0.137. The molecule has 0 radical (unpaired) electrons. The maximum atomic E-state index is 13.6. The van der Waals surface area contributed by atoms with E-state index in [4.69, 9.17) is 0 Å². The lowest BCUT2D eigenvalue weighted by Crippen LogP contribution is -2.47. The number of nitrogens with one attached hydrogen (secondary N) is 1. The van der Waals surface area contributed by atoms with Crippen LogP contribution < -0.4 is 5.32 Å². The highest BCUT2D eigenvalue weighted by Gasteiger charge is 2.34. The van der Waals surface area contributed by atoms with Crippen molar-refractivity contribution in [3.63, 3.8) is 0 Å². The predicted molar refractivity (Wildman–Crippen MR) is 108 cm³/mol. The van der Waals surface area contributed by atoms with E-state index in [9.17, 15) is 27.2 Å². The molecular formula is C23H24F4N2O2. The number of carbonyl (C=O) groups is 2. The summed E-state index contributed by atoms with van der Waals surface area (Å²) in [6.07, 6.45) is -3.99. The molecule has 8 heteroatoms. The van der Waals surface area contributed by atoms with Crippen molar-refractivity contribution in [1.82, 2.24) is 10.2 Å². The number of carbonyl (C=O) groups excluding carboxylic acids is 2. The van der Waals surface area contributed by atoms with Gasteiger partial charge in [-0.3, -0.25) is 9.59 Å². The number of benzene rings is 2. The zero-order valence-electron chi connectivity index (χ0n) is 17.3. The fourth-order valence-electron chi connectivity index (χ4n) is 3.90. The number of likely N-dealkylation sites (tertiary alicyclic amines) is 1. The van der Waals surface area contributed by atoms with E-state index in [-0.39, 0.29) is 36.6 Å². The molecule has 1 saturated heterocycles. The average Bonchev–Trinajstić information content (AvgIpc) is 2.73. The van der Waals surface area contributed by atoms with Crippen LogP contribution in [0.25, 0.3) is 0 Å². The minimum Gasteiger partial charge on any atom is -0.352 e. The second-order valence-electron chi connectivity index (χ2n) is 7.98. The first-order valence-corrected chi connectivity index (χ1v) is 10.00. The Labute approximate surface area is 178 Å². The van der Waals surface area contributed by atoms with E-state index in [0.29, 0.717) is 24.1 Å². The van der Waals surface area contributed by atoms with E-state index >= 15 is 0 Å². The Bertz CT molecular complexity index is 974. The summed E-state index contributed by atoms with van der Waals surface area (Å²) in [6.45, 7) is 3.71. The molecule has 31 heavy (non-hydrogen) atoms. The minimum atomic E-state index is -4.45. The third-order valence-electron chi connectivity index (χ3n) is 5.64. The van der Waals surface area contributed by atoms with Crippen LogP contribution in [0.2, 0.25) is 0 Å². The normalized spacial score (nSPS) is 19.2. The van der Waals surface area contributed by atoms with Crippen LogP contribution in [0.5, 0.6) is 0 Å². The summed E-state index contributed by atoms with van der Waals surface area (Å²) in [5.41, 5.74) is 0.906. The predicted octanol–water partition coefficient (Wildman–Crippen LogP) is 4.42. The van der Waals surface area contributed by atoms with Gasteiger partial charge in [0.05, 0.1) is 11.5 Å². The largest absolute Gasteiger partial charge is 0.416 e. The van der Waals surface area contributed by atoms with Gasteiger partial charge in [0, 0.05) is 32.5 Å². The van der Waals surface area contributed by atoms with Crippen molar-refractivity contribution >= 4 is 11.8 Å². The Morgan fingerprint density at radius 1 is 1.13 bits per heavy atom. The molecule has 0 bridgehead atoms. The molecule has 1 N–H and O–H groups in total. The van der Waals surface area contributed by atoms with E-state index in [1.165, 1.54) is 25.1 Å². The smallest absolute Gasteiger partial charge is 0.352 e. The van der Waals surface area contributed by atoms with E-state index < -0.39 is 17.7 Å². The summed E-state index contributed by atoms with van der Waals surface area (Å²) in [6, 6.07) is 9.56. The third kappa shape index (κ3) is 5.62. The van der Waals surface area contributed by atoms with Gasteiger partial charge in [-0.1, -0.05) is 24.3 Å². The van der Waals surface area contributed by atoms with Gasteiger partial charge < -0.3 is 10.2 Å². The molecule has 1 fully saturated rings. The number of rotatable bonds is 4. The maximum Gasteiger partial charge on any atom is 0.416 e. The summed E-state index contributed by atoms with van der Waals surface area (Å²) in [4.78, 5) is 26.4.